The van der Waals surface area contributed by atoms with E-state index in [-0.39, 0.29) is 21.4 Å². The predicted octanol–water partition coefficient (Wildman–Crippen LogP) is 2.13. The first kappa shape index (κ1) is 23.0. The van der Waals surface area contributed by atoms with Gasteiger partial charge in [0.05, 0.1) is 20.9 Å². The SMILES string of the molecule is Cc1ccc(-c2cc(S(=O)(=O)N3CCN4CCCC4C3)ccc2S(N)(=O)=O)c2[nH]cc(C#N)c12. The molecule has 1 atom stereocenters. The van der Waals surface area contributed by atoms with Crippen LogP contribution in [0.4, 0.5) is 0 Å². The molecule has 178 valence electrons. The van der Waals surface area contributed by atoms with Crippen molar-refractivity contribution in [3.63, 3.8) is 0 Å². The molecule has 0 radical (unpaired) electrons. The van der Waals surface area contributed by atoms with Crippen molar-refractivity contribution in [3.8, 4) is 17.2 Å². The smallest absolute Gasteiger partial charge is 0.243 e. The fourth-order valence-corrected chi connectivity index (χ4v) is 7.42. The number of nitrogens with one attached hydrogen (secondary N) is 1. The van der Waals surface area contributed by atoms with Gasteiger partial charge in [-0.05, 0) is 50.1 Å². The Kier molecular flexibility index (Phi) is 5.54. The van der Waals surface area contributed by atoms with Gasteiger partial charge in [-0.25, -0.2) is 22.0 Å². The van der Waals surface area contributed by atoms with Crippen molar-refractivity contribution < 1.29 is 16.8 Å². The molecule has 2 aliphatic heterocycles. The standard InChI is InChI=1S/C23H25N5O4S2/c1-15-4-6-19(23-22(15)16(12-24)13-26-23)20-11-18(5-7-21(20)33(25,29)30)34(31,32)28-10-9-27-8-2-3-17(27)14-28/h4-7,11,13,17,26H,2-3,8-10,14H2,1H3,(H2,25,29,30). The fourth-order valence-electron chi connectivity index (χ4n) is 5.19. The Bertz CT molecular complexity index is 1550. The number of nitriles is 1. The average Bonchev–Trinajstić information content (AvgIpc) is 3.45. The number of hydrogen-bond donors (Lipinski definition) is 2. The molecule has 3 heterocycles. The molecule has 2 aliphatic rings. The number of primary sulfonamides is 1. The van der Waals surface area contributed by atoms with E-state index in [2.05, 4.69) is 16.0 Å². The zero-order valence-corrected chi connectivity index (χ0v) is 20.3. The number of rotatable bonds is 4. The Morgan fingerprint density at radius 1 is 1.09 bits per heavy atom. The highest BCUT2D eigenvalue weighted by Gasteiger charge is 2.36. The highest BCUT2D eigenvalue weighted by Crippen LogP contribution is 2.37. The van der Waals surface area contributed by atoms with Gasteiger partial charge in [0, 0.05) is 48.4 Å². The highest BCUT2D eigenvalue weighted by molar-refractivity contribution is 7.89. The third-order valence-electron chi connectivity index (χ3n) is 6.90. The first-order chi connectivity index (χ1) is 16.1. The Morgan fingerprint density at radius 3 is 2.62 bits per heavy atom. The van der Waals surface area contributed by atoms with Crippen molar-refractivity contribution in [1.82, 2.24) is 14.2 Å². The predicted molar refractivity (Wildman–Crippen MR) is 128 cm³/mol. The first-order valence-electron chi connectivity index (χ1n) is 11.0. The van der Waals surface area contributed by atoms with Crippen LogP contribution in [-0.4, -0.2) is 63.2 Å². The van der Waals surface area contributed by atoms with Gasteiger partial charge in [0.25, 0.3) is 0 Å². The molecule has 1 unspecified atom stereocenters. The summed E-state index contributed by atoms with van der Waals surface area (Å²) in [5, 5.41) is 15.6. The molecular formula is C23H25N5O4S2. The van der Waals surface area contributed by atoms with Crippen molar-refractivity contribution in [2.24, 2.45) is 5.14 Å². The molecule has 3 N–H and O–H groups in total. The number of benzene rings is 2. The maximum atomic E-state index is 13.6. The van der Waals surface area contributed by atoms with E-state index in [4.69, 9.17) is 5.14 Å². The number of sulfonamides is 2. The van der Waals surface area contributed by atoms with Gasteiger partial charge in [-0.2, -0.15) is 9.57 Å². The number of H-pyrrole nitrogens is 1. The number of aryl methyl sites for hydroxylation is 1. The molecule has 0 aliphatic carbocycles. The number of aromatic amines is 1. The van der Waals surface area contributed by atoms with Gasteiger partial charge in [0.15, 0.2) is 0 Å². The van der Waals surface area contributed by atoms with E-state index in [0.29, 0.717) is 41.7 Å². The molecule has 2 saturated heterocycles. The quantitative estimate of drug-likeness (QED) is 0.563. The molecule has 9 nitrogen and oxygen atoms in total. The molecule has 1 aromatic heterocycles. The molecule has 11 heteroatoms. The van der Waals surface area contributed by atoms with Crippen molar-refractivity contribution in [2.45, 2.75) is 35.6 Å². The summed E-state index contributed by atoms with van der Waals surface area (Å²) in [6, 6.07) is 9.78. The van der Waals surface area contributed by atoms with Crippen LogP contribution in [0.2, 0.25) is 0 Å². The monoisotopic (exact) mass is 499 g/mol. The topological polar surface area (TPSA) is 140 Å². The van der Waals surface area contributed by atoms with Gasteiger partial charge in [0.2, 0.25) is 20.0 Å². The van der Waals surface area contributed by atoms with E-state index in [1.807, 2.05) is 6.92 Å². The van der Waals surface area contributed by atoms with Crippen LogP contribution >= 0.6 is 0 Å². The van der Waals surface area contributed by atoms with Crippen LogP contribution in [0.15, 0.2) is 46.3 Å². The summed E-state index contributed by atoms with van der Waals surface area (Å²) in [6.07, 6.45) is 3.59. The number of aromatic nitrogens is 1. The second kappa shape index (κ2) is 8.18. The van der Waals surface area contributed by atoms with E-state index in [0.717, 1.165) is 24.9 Å². The number of nitrogens with two attached hydrogens (primary N) is 1. The van der Waals surface area contributed by atoms with Gasteiger partial charge in [-0.3, -0.25) is 4.90 Å². The average molecular weight is 500 g/mol. The molecule has 3 aromatic rings. The molecule has 2 aromatic carbocycles. The largest absolute Gasteiger partial charge is 0.359 e. The Balaban J connectivity index is 1.67. The summed E-state index contributed by atoms with van der Waals surface area (Å²) < 4.78 is 53.5. The van der Waals surface area contributed by atoms with E-state index in [1.165, 1.54) is 22.5 Å². The van der Waals surface area contributed by atoms with E-state index >= 15 is 0 Å². The zero-order chi connectivity index (χ0) is 24.3. The maximum absolute atomic E-state index is 13.6. The number of piperazine rings is 1. The minimum Gasteiger partial charge on any atom is -0.359 e. The van der Waals surface area contributed by atoms with Crippen LogP contribution in [0.3, 0.4) is 0 Å². The van der Waals surface area contributed by atoms with Gasteiger partial charge < -0.3 is 4.98 Å². The van der Waals surface area contributed by atoms with Crippen LogP contribution in [0, 0.1) is 18.3 Å². The lowest BCUT2D eigenvalue weighted by atomic mass is 9.99. The number of fused-ring (bicyclic) bond motifs is 2. The van der Waals surface area contributed by atoms with Gasteiger partial charge in [-0.15, -0.1) is 0 Å². The summed E-state index contributed by atoms with van der Waals surface area (Å²) >= 11 is 0. The second-order valence-electron chi connectivity index (χ2n) is 8.89. The number of hydrogen-bond acceptors (Lipinski definition) is 6. The van der Waals surface area contributed by atoms with Crippen molar-refractivity contribution >= 4 is 30.9 Å². The van der Waals surface area contributed by atoms with Crippen molar-refractivity contribution in [3.05, 3.63) is 47.7 Å². The lowest BCUT2D eigenvalue weighted by molar-refractivity contribution is 0.158. The molecule has 2 fully saturated rings. The Hall–Kier alpha value is -2.75. The summed E-state index contributed by atoms with van der Waals surface area (Å²) in [7, 11) is -8.00. The zero-order valence-electron chi connectivity index (χ0n) is 18.7. The van der Waals surface area contributed by atoms with Crippen LogP contribution < -0.4 is 5.14 Å². The normalized spacial score (nSPS) is 19.9. The molecule has 0 saturated carbocycles. The maximum Gasteiger partial charge on any atom is 0.243 e. The van der Waals surface area contributed by atoms with Gasteiger partial charge >= 0.3 is 0 Å². The highest BCUT2D eigenvalue weighted by atomic mass is 32.2. The molecule has 34 heavy (non-hydrogen) atoms. The summed E-state index contributed by atoms with van der Waals surface area (Å²) in [5.74, 6) is 0. The first-order valence-corrected chi connectivity index (χ1v) is 14.0. The summed E-state index contributed by atoms with van der Waals surface area (Å²) in [5.41, 5.74) is 2.45. The lowest BCUT2D eigenvalue weighted by Gasteiger charge is -2.36. The van der Waals surface area contributed by atoms with Crippen LogP contribution in [0.1, 0.15) is 24.0 Å². The molecular weight excluding hydrogens is 474 g/mol. The summed E-state index contributed by atoms with van der Waals surface area (Å²) in [4.78, 5) is 5.21. The van der Waals surface area contributed by atoms with E-state index in [1.54, 1.807) is 18.3 Å². The van der Waals surface area contributed by atoms with E-state index in [9.17, 15) is 22.1 Å². The van der Waals surface area contributed by atoms with Crippen LogP contribution in [-0.2, 0) is 20.0 Å². The molecule has 5 rings (SSSR count). The Morgan fingerprint density at radius 2 is 1.88 bits per heavy atom. The minimum absolute atomic E-state index is 0.0159. The minimum atomic E-state index is -4.15. The summed E-state index contributed by atoms with van der Waals surface area (Å²) in [6.45, 7) is 4.35. The second-order valence-corrected chi connectivity index (χ2v) is 12.4. The third-order valence-corrected chi connectivity index (χ3v) is 9.73. The van der Waals surface area contributed by atoms with Gasteiger partial charge in [-0.1, -0.05) is 12.1 Å². The fraction of sp³-hybridized carbons (Fsp3) is 0.348. The lowest BCUT2D eigenvalue weighted by Crippen LogP contribution is -2.51. The van der Waals surface area contributed by atoms with Crippen molar-refractivity contribution in [2.75, 3.05) is 26.2 Å². The third kappa shape index (κ3) is 3.72. The Labute approximate surface area is 198 Å². The molecule has 0 amide bonds. The van der Waals surface area contributed by atoms with Crippen LogP contribution in [0.25, 0.3) is 22.0 Å². The van der Waals surface area contributed by atoms with Gasteiger partial charge in [0.1, 0.15) is 6.07 Å². The van der Waals surface area contributed by atoms with E-state index < -0.39 is 20.0 Å². The van der Waals surface area contributed by atoms with Crippen LogP contribution in [0.5, 0.6) is 0 Å². The molecule has 0 spiro atoms. The number of nitrogens with zero attached hydrogens (tertiary/aromatic N) is 3. The molecule has 0 bridgehead atoms. The van der Waals surface area contributed by atoms with Crippen molar-refractivity contribution in [1.29, 1.82) is 5.26 Å².